The van der Waals surface area contributed by atoms with Crippen LogP contribution in [0.25, 0.3) is 0 Å². The number of hydrogen-bond acceptors (Lipinski definition) is 3. The van der Waals surface area contributed by atoms with Gasteiger partial charge in [0.25, 0.3) is 0 Å². The van der Waals surface area contributed by atoms with Gasteiger partial charge in [-0.25, -0.2) is 4.79 Å². The first-order valence-corrected chi connectivity index (χ1v) is 5.14. The number of halogens is 6. The number of alkyl halides is 6. The quantitative estimate of drug-likeness (QED) is 0.595. The van der Waals surface area contributed by atoms with Crippen molar-refractivity contribution >= 4 is 5.97 Å². The van der Waals surface area contributed by atoms with E-state index in [1.54, 1.807) is 0 Å². The van der Waals surface area contributed by atoms with Gasteiger partial charge < -0.3 is 15.9 Å². The number of rotatable bonds is 0. The van der Waals surface area contributed by atoms with Crippen LogP contribution in [-0.2, 0) is 4.79 Å². The van der Waals surface area contributed by atoms with Crippen LogP contribution in [0.3, 0.4) is 0 Å². The predicted octanol–water partition coefficient (Wildman–Crippen LogP) is 1.81. The molecule has 114 valence electrons. The van der Waals surface area contributed by atoms with E-state index < -0.39 is 30.0 Å². The molecule has 0 bridgehead atoms. The summed E-state index contributed by atoms with van der Waals surface area (Å²) in [6.45, 7) is 0. The van der Waals surface area contributed by atoms with Gasteiger partial charge in [-0.05, 0) is 19.3 Å². The largest absolute Gasteiger partial charge is 0.490 e. The van der Waals surface area contributed by atoms with E-state index in [-0.39, 0.29) is 12.8 Å². The summed E-state index contributed by atoms with van der Waals surface area (Å²) >= 11 is 0. The lowest BCUT2D eigenvalue weighted by molar-refractivity contribution is -0.270. The molecule has 1 saturated carbocycles. The Bertz CT molecular complexity index is 316. The molecule has 0 spiro atoms. The van der Waals surface area contributed by atoms with E-state index in [1.165, 1.54) is 0 Å². The fourth-order valence-electron chi connectivity index (χ4n) is 1.55. The summed E-state index contributed by atoms with van der Waals surface area (Å²) in [5.41, 5.74) is 2.81. The SMILES string of the molecule is NC1CCCC(O)(C(F)(F)F)C1.O=C(O)C(F)(F)F. The molecule has 0 aromatic heterocycles. The lowest BCUT2D eigenvalue weighted by Crippen LogP contribution is -2.51. The molecule has 0 aliphatic heterocycles. The Hall–Kier alpha value is -1.03. The first-order chi connectivity index (χ1) is 8.29. The first kappa shape index (κ1) is 18.0. The molecular formula is C9H13F6NO3. The van der Waals surface area contributed by atoms with Gasteiger partial charge in [-0.3, -0.25) is 0 Å². The van der Waals surface area contributed by atoms with Crippen LogP contribution in [0.4, 0.5) is 26.3 Å². The van der Waals surface area contributed by atoms with Crippen LogP contribution in [0.2, 0.25) is 0 Å². The van der Waals surface area contributed by atoms with E-state index >= 15 is 0 Å². The molecule has 0 saturated heterocycles. The van der Waals surface area contributed by atoms with Gasteiger partial charge in [-0.1, -0.05) is 0 Å². The fraction of sp³-hybridized carbons (Fsp3) is 0.889. The monoisotopic (exact) mass is 297 g/mol. The molecule has 1 aliphatic rings. The number of aliphatic hydroxyl groups is 1. The Morgan fingerprint density at radius 1 is 1.21 bits per heavy atom. The van der Waals surface area contributed by atoms with Crippen LogP contribution < -0.4 is 5.73 Å². The van der Waals surface area contributed by atoms with Gasteiger partial charge in [-0.15, -0.1) is 0 Å². The van der Waals surface area contributed by atoms with Gasteiger partial charge in [0, 0.05) is 12.5 Å². The highest BCUT2D eigenvalue weighted by molar-refractivity contribution is 5.73. The summed E-state index contributed by atoms with van der Waals surface area (Å²) in [6, 6.07) is -0.523. The molecule has 0 radical (unpaired) electrons. The normalized spacial score (nSPS) is 28.3. The zero-order valence-corrected chi connectivity index (χ0v) is 9.55. The number of hydrogen-bond donors (Lipinski definition) is 3. The Kier molecular flexibility index (Phi) is 5.63. The molecule has 2 unspecified atom stereocenters. The highest BCUT2D eigenvalue weighted by atomic mass is 19.4. The molecule has 0 amide bonds. The van der Waals surface area contributed by atoms with Crippen molar-refractivity contribution < 1.29 is 41.4 Å². The molecule has 1 fully saturated rings. The maximum atomic E-state index is 12.2. The molecule has 1 rings (SSSR count). The minimum absolute atomic E-state index is 0.218. The number of nitrogens with two attached hydrogens (primary N) is 1. The average Bonchev–Trinajstić information content (AvgIpc) is 2.14. The fourth-order valence-corrected chi connectivity index (χ4v) is 1.55. The molecule has 4 N–H and O–H groups in total. The molecule has 19 heavy (non-hydrogen) atoms. The standard InChI is InChI=1S/C7H12F3NO.C2HF3O2/c8-7(9,10)6(12)3-1-2-5(11)4-6;3-2(4,5)1(6)7/h5,12H,1-4,11H2;(H,6,7). The van der Waals surface area contributed by atoms with Gasteiger partial charge in [0.05, 0.1) is 0 Å². The first-order valence-electron chi connectivity index (χ1n) is 5.14. The lowest BCUT2D eigenvalue weighted by atomic mass is 9.82. The zero-order valence-electron chi connectivity index (χ0n) is 9.55. The van der Waals surface area contributed by atoms with Crippen molar-refractivity contribution in [2.24, 2.45) is 5.73 Å². The zero-order chi connectivity index (χ0) is 15.5. The Balaban J connectivity index is 0.000000399. The van der Waals surface area contributed by atoms with Crippen molar-refractivity contribution in [2.75, 3.05) is 0 Å². The van der Waals surface area contributed by atoms with Gasteiger partial charge in [0.1, 0.15) is 0 Å². The second kappa shape index (κ2) is 5.95. The molecule has 0 aromatic carbocycles. The van der Waals surface area contributed by atoms with Crippen LogP contribution in [0, 0.1) is 0 Å². The smallest absolute Gasteiger partial charge is 0.475 e. The van der Waals surface area contributed by atoms with E-state index in [1.807, 2.05) is 0 Å². The third-order valence-electron chi connectivity index (χ3n) is 2.54. The van der Waals surface area contributed by atoms with E-state index in [0.717, 1.165) is 0 Å². The minimum Gasteiger partial charge on any atom is -0.475 e. The Morgan fingerprint density at radius 2 is 1.63 bits per heavy atom. The van der Waals surface area contributed by atoms with E-state index in [0.29, 0.717) is 12.8 Å². The summed E-state index contributed by atoms with van der Waals surface area (Å²) in [4.78, 5) is 8.90. The van der Waals surface area contributed by atoms with Crippen molar-refractivity contribution in [3.05, 3.63) is 0 Å². The van der Waals surface area contributed by atoms with E-state index in [4.69, 9.17) is 15.6 Å². The highest BCUT2D eigenvalue weighted by Gasteiger charge is 2.54. The molecule has 4 nitrogen and oxygen atoms in total. The lowest BCUT2D eigenvalue weighted by Gasteiger charge is -2.36. The topological polar surface area (TPSA) is 83.5 Å². The van der Waals surface area contributed by atoms with Crippen LogP contribution in [0.5, 0.6) is 0 Å². The summed E-state index contributed by atoms with van der Waals surface area (Å²) in [6.07, 6.45) is -9.29. The number of aliphatic carboxylic acids is 1. The summed E-state index contributed by atoms with van der Waals surface area (Å²) in [5.74, 6) is -2.76. The second-order valence-electron chi connectivity index (χ2n) is 4.19. The van der Waals surface area contributed by atoms with Crippen LogP contribution in [-0.4, -0.2) is 40.2 Å². The van der Waals surface area contributed by atoms with Gasteiger partial charge >= 0.3 is 18.3 Å². The molecule has 2 atom stereocenters. The van der Waals surface area contributed by atoms with Crippen LogP contribution in [0.15, 0.2) is 0 Å². The predicted molar refractivity (Wildman–Crippen MR) is 51.1 cm³/mol. The molecule has 1 aliphatic carbocycles. The average molecular weight is 297 g/mol. The Morgan fingerprint density at radius 3 is 1.84 bits per heavy atom. The third kappa shape index (κ3) is 5.64. The molecular weight excluding hydrogens is 284 g/mol. The number of carboxylic acid groups (broad SMARTS) is 1. The van der Waals surface area contributed by atoms with Crippen molar-refractivity contribution in [1.29, 1.82) is 0 Å². The van der Waals surface area contributed by atoms with Crippen molar-refractivity contribution in [2.45, 2.75) is 49.7 Å². The maximum Gasteiger partial charge on any atom is 0.490 e. The van der Waals surface area contributed by atoms with Crippen LogP contribution >= 0.6 is 0 Å². The van der Waals surface area contributed by atoms with Crippen LogP contribution in [0.1, 0.15) is 25.7 Å². The van der Waals surface area contributed by atoms with Gasteiger partial charge in [0.2, 0.25) is 0 Å². The highest BCUT2D eigenvalue weighted by Crippen LogP contribution is 2.40. The van der Waals surface area contributed by atoms with E-state index in [2.05, 4.69) is 0 Å². The van der Waals surface area contributed by atoms with Crippen molar-refractivity contribution in [1.82, 2.24) is 0 Å². The summed E-state index contributed by atoms with van der Waals surface area (Å²) < 4.78 is 68.3. The molecule has 0 heterocycles. The number of carbonyl (C=O) groups is 1. The van der Waals surface area contributed by atoms with Crippen molar-refractivity contribution in [3.63, 3.8) is 0 Å². The summed E-state index contributed by atoms with van der Waals surface area (Å²) in [7, 11) is 0. The van der Waals surface area contributed by atoms with Crippen molar-refractivity contribution in [3.8, 4) is 0 Å². The Labute approximate surface area is 104 Å². The van der Waals surface area contributed by atoms with E-state index in [9.17, 15) is 31.4 Å². The van der Waals surface area contributed by atoms with Gasteiger partial charge in [0.15, 0.2) is 5.60 Å². The third-order valence-corrected chi connectivity index (χ3v) is 2.54. The van der Waals surface area contributed by atoms with Gasteiger partial charge in [-0.2, -0.15) is 26.3 Å². The molecule has 0 aromatic rings. The molecule has 10 heteroatoms. The number of carboxylic acids is 1. The maximum absolute atomic E-state index is 12.2. The summed E-state index contributed by atoms with van der Waals surface area (Å²) in [5, 5.41) is 16.3. The minimum atomic E-state index is -5.08. The second-order valence-corrected chi connectivity index (χ2v) is 4.19.